The van der Waals surface area contributed by atoms with E-state index in [0.717, 1.165) is 18.0 Å². The molecule has 1 aromatic carbocycles. The number of methoxy groups -OCH3 is 1. The fraction of sp³-hybridized carbons (Fsp3) is 0.312. The third-order valence-corrected chi connectivity index (χ3v) is 3.23. The van der Waals surface area contributed by atoms with Crippen LogP contribution in [0.4, 0.5) is 5.69 Å². The van der Waals surface area contributed by atoms with Gasteiger partial charge in [0.25, 0.3) is 0 Å². The molecule has 0 aliphatic rings. The second-order valence-corrected chi connectivity index (χ2v) is 4.50. The Kier molecular flexibility index (Phi) is 4.45. The van der Waals surface area contributed by atoms with Crippen molar-refractivity contribution < 1.29 is 13.9 Å². The average molecular weight is 273 g/mol. The van der Waals surface area contributed by atoms with Crippen LogP contribution >= 0.6 is 0 Å². The van der Waals surface area contributed by atoms with Crippen molar-refractivity contribution in [3.63, 3.8) is 0 Å². The molecule has 2 aromatic rings. The lowest BCUT2D eigenvalue weighted by molar-refractivity contribution is 0.101. The first-order valence-electron chi connectivity index (χ1n) is 6.62. The van der Waals surface area contributed by atoms with Crippen LogP contribution in [0.25, 0.3) is 0 Å². The summed E-state index contributed by atoms with van der Waals surface area (Å²) in [5.74, 6) is 1.47. The summed E-state index contributed by atoms with van der Waals surface area (Å²) in [4.78, 5) is 14.0. The van der Waals surface area contributed by atoms with Gasteiger partial charge in [-0.05, 0) is 38.1 Å². The lowest BCUT2D eigenvalue weighted by atomic mass is 10.1. The zero-order valence-corrected chi connectivity index (χ0v) is 12.1. The molecule has 0 N–H and O–H groups in total. The minimum atomic E-state index is -0.00431. The average Bonchev–Trinajstić information content (AvgIpc) is 2.96. The highest BCUT2D eigenvalue weighted by Crippen LogP contribution is 2.30. The van der Waals surface area contributed by atoms with Crippen LogP contribution in [0.2, 0.25) is 0 Å². The van der Waals surface area contributed by atoms with Crippen molar-refractivity contribution in [2.75, 3.05) is 18.6 Å². The maximum Gasteiger partial charge on any atom is 0.165 e. The lowest BCUT2D eigenvalue weighted by Gasteiger charge is -2.25. The standard InChI is InChI=1S/C16H19NO3/c1-4-17(11-13-7-6-10-20-13)14-8-5-9-15(19-3)16(14)12(2)18/h5-10H,4,11H2,1-3H3. The van der Waals surface area contributed by atoms with Crippen LogP contribution in [-0.2, 0) is 6.54 Å². The van der Waals surface area contributed by atoms with Gasteiger partial charge >= 0.3 is 0 Å². The molecule has 20 heavy (non-hydrogen) atoms. The molecule has 0 spiro atoms. The Morgan fingerprint density at radius 3 is 2.65 bits per heavy atom. The second-order valence-electron chi connectivity index (χ2n) is 4.50. The van der Waals surface area contributed by atoms with Gasteiger partial charge < -0.3 is 14.1 Å². The van der Waals surface area contributed by atoms with Gasteiger partial charge in [-0.15, -0.1) is 0 Å². The molecule has 0 atom stereocenters. The third-order valence-electron chi connectivity index (χ3n) is 3.23. The van der Waals surface area contributed by atoms with Gasteiger partial charge in [-0.25, -0.2) is 0 Å². The van der Waals surface area contributed by atoms with E-state index in [2.05, 4.69) is 4.90 Å². The molecule has 1 heterocycles. The Morgan fingerprint density at radius 2 is 2.10 bits per heavy atom. The number of Topliss-reactive ketones (excluding diaryl/α,β-unsaturated/α-hetero) is 1. The van der Waals surface area contributed by atoms with Crippen LogP contribution in [0, 0.1) is 0 Å². The molecule has 2 rings (SSSR count). The summed E-state index contributed by atoms with van der Waals surface area (Å²) in [6, 6.07) is 9.43. The van der Waals surface area contributed by atoms with Crippen LogP contribution in [0.15, 0.2) is 41.0 Å². The van der Waals surface area contributed by atoms with E-state index < -0.39 is 0 Å². The van der Waals surface area contributed by atoms with E-state index in [-0.39, 0.29) is 5.78 Å². The van der Waals surface area contributed by atoms with Gasteiger partial charge in [-0.3, -0.25) is 4.79 Å². The quantitative estimate of drug-likeness (QED) is 0.755. The lowest BCUT2D eigenvalue weighted by Crippen LogP contribution is -2.24. The number of nitrogens with zero attached hydrogens (tertiary/aromatic N) is 1. The van der Waals surface area contributed by atoms with Crippen molar-refractivity contribution in [3.05, 3.63) is 47.9 Å². The summed E-state index contributed by atoms with van der Waals surface area (Å²) in [7, 11) is 1.58. The van der Waals surface area contributed by atoms with E-state index in [1.54, 1.807) is 26.4 Å². The normalized spacial score (nSPS) is 10.3. The molecule has 0 radical (unpaired) electrons. The molecule has 1 aromatic heterocycles. The van der Waals surface area contributed by atoms with E-state index >= 15 is 0 Å². The van der Waals surface area contributed by atoms with E-state index in [4.69, 9.17) is 9.15 Å². The van der Waals surface area contributed by atoms with Crippen molar-refractivity contribution in [1.82, 2.24) is 0 Å². The first kappa shape index (κ1) is 14.2. The van der Waals surface area contributed by atoms with Gasteiger partial charge in [0.05, 0.1) is 31.2 Å². The minimum Gasteiger partial charge on any atom is -0.496 e. The van der Waals surface area contributed by atoms with Gasteiger partial charge in [-0.2, -0.15) is 0 Å². The number of anilines is 1. The Bertz CT molecular complexity index is 575. The molecular formula is C16H19NO3. The number of carbonyl (C=O) groups is 1. The van der Waals surface area contributed by atoms with Gasteiger partial charge in [0.2, 0.25) is 0 Å². The number of rotatable bonds is 6. The molecule has 0 bridgehead atoms. The zero-order valence-electron chi connectivity index (χ0n) is 12.1. The highest BCUT2D eigenvalue weighted by Gasteiger charge is 2.18. The first-order valence-corrected chi connectivity index (χ1v) is 6.62. The van der Waals surface area contributed by atoms with Crippen LogP contribution in [0.3, 0.4) is 0 Å². The van der Waals surface area contributed by atoms with Crippen molar-refractivity contribution in [2.45, 2.75) is 20.4 Å². The summed E-state index contributed by atoms with van der Waals surface area (Å²) < 4.78 is 10.7. The smallest absolute Gasteiger partial charge is 0.165 e. The molecule has 0 fully saturated rings. The zero-order chi connectivity index (χ0) is 14.5. The van der Waals surface area contributed by atoms with E-state index in [0.29, 0.717) is 17.9 Å². The van der Waals surface area contributed by atoms with Crippen molar-refractivity contribution >= 4 is 11.5 Å². The Balaban J connectivity index is 2.41. The highest BCUT2D eigenvalue weighted by molar-refractivity contribution is 6.02. The second kappa shape index (κ2) is 6.28. The summed E-state index contributed by atoms with van der Waals surface area (Å²) in [6.07, 6.45) is 1.65. The molecule has 0 saturated carbocycles. The molecule has 0 aliphatic carbocycles. The molecule has 4 heteroatoms. The summed E-state index contributed by atoms with van der Waals surface area (Å²) >= 11 is 0. The molecule has 0 unspecified atom stereocenters. The number of hydrogen-bond donors (Lipinski definition) is 0. The molecule has 4 nitrogen and oxygen atoms in total. The Labute approximate surface area is 119 Å². The van der Waals surface area contributed by atoms with Crippen molar-refractivity contribution in [2.24, 2.45) is 0 Å². The number of ketones is 1. The van der Waals surface area contributed by atoms with E-state index in [1.807, 2.05) is 31.2 Å². The molecule has 0 aliphatic heterocycles. The number of ether oxygens (including phenoxy) is 1. The Hall–Kier alpha value is -2.23. The van der Waals surface area contributed by atoms with Gasteiger partial charge in [0.1, 0.15) is 11.5 Å². The van der Waals surface area contributed by atoms with Crippen LogP contribution < -0.4 is 9.64 Å². The van der Waals surface area contributed by atoms with Crippen molar-refractivity contribution in [3.8, 4) is 5.75 Å². The predicted molar refractivity (Wildman–Crippen MR) is 78.4 cm³/mol. The van der Waals surface area contributed by atoms with E-state index in [1.165, 1.54) is 0 Å². The molecule has 106 valence electrons. The summed E-state index contributed by atoms with van der Waals surface area (Å²) in [6.45, 7) is 5.00. The van der Waals surface area contributed by atoms with Gasteiger partial charge in [-0.1, -0.05) is 6.07 Å². The largest absolute Gasteiger partial charge is 0.496 e. The summed E-state index contributed by atoms with van der Waals surface area (Å²) in [5.41, 5.74) is 1.49. The molecular weight excluding hydrogens is 254 g/mol. The molecule has 0 saturated heterocycles. The maximum absolute atomic E-state index is 11.9. The third kappa shape index (κ3) is 2.85. The van der Waals surface area contributed by atoms with Crippen molar-refractivity contribution in [1.29, 1.82) is 0 Å². The number of benzene rings is 1. The fourth-order valence-corrected chi connectivity index (χ4v) is 2.27. The number of furan rings is 1. The first-order chi connectivity index (χ1) is 9.67. The minimum absolute atomic E-state index is 0.00431. The highest BCUT2D eigenvalue weighted by atomic mass is 16.5. The van der Waals surface area contributed by atoms with Gasteiger partial charge in [0, 0.05) is 6.54 Å². The SMILES string of the molecule is CCN(Cc1ccco1)c1cccc(OC)c1C(C)=O. The monoisotopic (exact) mass is 273 g/mol. The van der Waals surface area contributed by atoms with Crippen LogP contribution in [0.5, 0.6) is 5.75 Å². The number of carbonyl (C=O) groups excluding carboxylic acids is 1. The van der Waals surface area contributed by atoms with Crippen LogP contribution in [0.1, 0.15) is 30.0 Å². The molecule has 0 amide bonds. The maximum atomic E-state index is 11.9. The van der Waals surface area contributed by atoms with Crippen LogP contribution in [-0.4, -0.2) is 19.4 Å². The predicted octanol–water partition coefficient (Wildman–Crippen LogP) is 3.52. The fourth-order valence-electron chi connectivity index (χ4n) is 2.27. The Morgan fingerprint density at radius 1 is 1.30 bits per heavy atom. The van der Waals surface area contributed by atoms with Gasteiger partial charge in [0.15, 0.2) is 5.78 Å². The summed E-state index contributed by atoms with van der Waals surface area (Å²) in [5, 5.41) is 0. The van der Waals surface area contributed by atoms with E-state index in [9.17, 15) is 4.79 Å². The topological polar surface area (TPSA) is 42.7 Å². The number of hydrogen-bond acceptors (Lipinski definition) is 4.